The highest BCUT2D eigenvalue weighted by Gasteiger charge is 2.39. The summed E-state index contributed by atoms with van der Waals surface area (Å²) in [7, 11) is 0. The summed E-state index contributed by atoms with van der Waals surface area (Å²) >= 11 is 0. The van der Waals surface area contributed by atoms with Gasteiger partial charge in [0.15, 0.2) is 0 Å². The molecule has 2 atom stereocenters. The van der Waals surface area contributed by atoms with Crippen LogP contribution in [0, 0.1) is 17.8 Å². The summed E-state index contributed by atoms with van der Waals surface area (Å²) in [5.41, 5.74) is 0. The first-order chi connectivity index (χ1) is 15.3. The maximum absolute atomic E-state index is 13.6. The van der Waals surface area contributed by atoms with Crippen LogP contribution in [0.1, 0.15) is 72.6 Å². The van der Waals surface area contributed by atoms with Crippen LogP contribution in [0.3, 0.4) is 0 Å². The molecule has 3 rings (SSSR count). The number of piperazine rings is 1. The molecule has 3 heterocycles. The van der Waals surface area contributed by atoms with E-state index in [9.17, 15) is 14.4 Å². The lowest BCUT2D eigenvalue weighted by molar-refractivity contribution is -0.150. The summed E-state index contributed by atoms with van der Waals surface area (Å²) < 4.78 is 0. The van der Waals surface area contributed by atoms with Crippen LogP contribution in [0.2, 0.25) is 0 Å². The van der Waals surface area contributed by atoms with Crippen molar-refractivity contribution in [3.63, 3.8) is 0 Å². The maximum Gasteiger partial charge on any atom is 0.245 e. The van der Waals surface area contributed by atoms with E-state index < -0.39 is 0 Å². The van der Waals surface area contributed by atoms with E-state index in [0.717, 1.165) is 51.7 Å². The first-order valence-corrected chi connectivity index (χ1v) is 12.9. The smallest absolute Gasteiger partial charge is 0.245 e. The van der Waals surface area contributed by atoms with Crippen molar-refractivity contribution in [1.29, 1.82) is 0 Å². The summed E-state index contributed by atoms with van der Waals surface area (Å²) in [6.45, 7) is 13.0. The van der Waals surface area contributed by atoms with Gasteiger partial charge < -0.3 is 20.0 Å². The Morgan fingerprint density at radius 3 is 2.19 bits per heavy atom. The van der Waals surface area contributed by atoms with Crippen molar-refractivity contribution in [3.8, 4) is 0 Å². The lowest BCUT2D eigenvalue weighted by atomic mass is 9.91. The topological polar surface area (TPSA) is 73.0 Å². The molecule has 0 saturated carbocycles. The van der Waals surface area contributed by atoms with Crippen molar-refractivity contribution >= 4 is 17.7 Å². The van der Waals surface area contributed by atoms with E-state index in [1.165, 1.54) is 0 Å². The van der Waals surface area contributed by atoms with E-state index in [4.69, 9.17) is 0 Å². The molecule has 3 aliphatic rings. The molecule has 0 radical (unpaired) electrons. The van der Waals surface area contributed by atoms with Gasteiger partial charge in [0.2, 0.25) is 17.7 Å². The summed E-state index contributed by atoms with van der Waals surface area (Å²) in [5, 5.41) is 3.35. The van der Waals surface area contributed by atoms with E-state index in [1.807, 2.05) is 14.7 Å². The molecule has 0 aromatic heterocycles. The number of rotatable bonds is 8. The molecule has 1 N–H and O–H groups in total. The van der Waals surface area contributed by atoms with Gasteiger partial charge in [0.1, 0.15) is 6.04 Å². The second kappa shape index (κ2) is 11.5. The lowest BCUT2D eigenvalue weighted by Gasteiger charge is -2.42. The van der Waals surface area contributed by atoms with Gasteiger partial charge in [-0.1, -0.05) is 27.7 Å². The van der Waals surface area contributed by atoms with E-state index in [-0.39, 0.29) is 29.8 Å². The summed E-state index contributed by atoms with van der Waals surface area (Å²) in [5.74, 6) is 1.60. The number of carbonyl (C=O) groups is 3. The van der Waals surface area contributed by atoms with Crippen LogP contribution in [0.25, 0.3) is 0 Å². The Morgan fingerprint density at radius 1 is 0.938 bits per heavy atom. The summed E-state index contributed by atoms with van der Waals surface area (Å²) in [6.07, 6.45) is 6.12. The molecule has 0 aliphatic carbocycles. The predicted octanol–water partition coefficient (Wildman–Crippen LogP) is 2.50. The van der Waals surface area contributed by atoms with Gasteiger partial charge in [0, 0.05) is 45.7 Å². The monoisotopic (exact) mass is 448 g/mol. The molecule has 7 nitrogen and oxygen atoms in total. The maximum atomic E-state index is 13.6. The van der Waals surface area contributed by atoms with Crippen LogP contribution in [-0.2, 0) is 14.4 Å². The second-order valence-corrected chi connectivity index (χ2v) is 10.9. The molecular formula is C25H44N4O3. The Kier molecular flexibility index (Phi) is 8.97. The van der Waals surface area contributed by atoms with Crippen molar-refractivity contribution in [3.05, 3.63) is 0 Å². The Labute approximate surface area is 194 Å². The second-order valence-electron chi connectivity index (χ2n) is 10.9. The molecule has 32 heavy (non-hydrogen) atoms. The molecule has 182 valence electrons. The number of hydrogen-bond acceptors (Lipinski definition) is 4. The number of hydrogen-bond donors (Lipinski definition) is 1. The van der Waals surface area contributed by atoms with Crippen molar-refractivity contribution in [2.24, 2.45) is 17.8 Å². The van der Waals surface area contributed by atoms with Gasteiger partial charge in [0.25, 0.3) is 0 Å². The SMILES string of the molecule is CC(C)CC(C(=O)N1CCC(CC(=O)N2CCCC2)CC1)N1CCN[C@@H](CC(C)C)C1=O. The quantitative estimate of drug-likeness (QED) is 0.619. The Morgan fingerprint density at radius 2 is 1.59 bits per heavy atom. The van der Waals surface area contributed by atoms with E-state index in [1.54, 1.807) is 0 Å². The van der Waals surface area contributed by atoms with Crippen LogP contribution in [0.5, 0.6) is 0 Å². The van der Waals surface area contributed by atoms with Gasteiger partial charge in [-0.25, -0.2) is 0 Å². The van der Waals surface area contributed by atoms with Gasteiger partial charge in [0.05, 0.1) is 6.04 Å². The number of piperidine rings is 1. The average Bonchev–Trinajstić information content (AvgIpc) is 3.28. The molecule has 0 aromatic rings. The molecule has 3 saturated heterocycles. The minimum absolute atomic E-state index is 0.0787. The van der Waals surface area contributed by atoms with Gasteiger partial charge in [-0.05, 0) is 56.3 Å². The Balaban J connectivity index is 1.58. The summed E-state index contributed by atoms with van der Waals surface area (Å²) in [6, 6.07) is -0.560. The van der Waals surface area contributed by atoms with E-state index in [2.05, 4.69) is 33.0 Å². The fraction of sp³-hybridized carbons (Fsp3) is 0.880. The van der Waals surface area contributed by atoms with Gasteiger partial charge in [-0.3, -0.25) is 14.4 Å². The van der Waals surface area contributed by atoms with Crippen LogP contribution in [0.4, 0.5) is 0 Å². The van der Waals surface area contributed by atoms with Crippen molar-refractivity contribution in [2.45, 2.75) is 84.7 Å². The predicted molar refractivity (Wildman–Crippen MR) is 126 cm³/mol. The zero-order valence-electron chi connectivity index (χ0n) is 20.6. The van der Waals surface area contributed by atoms with Crippen LogP contribution in [0.15, 0.2) is 0 Å². The minimum atomic E-state index is -0.373. The van der Waals surface area contributed by atoms with Gasteiger partial charge >= 0.3 is 0 Å². The molecular weight excluding hydrogens is 404 g/mol. The van der Waals surface area contributed by atoms with Crippen LogP contribution < -0.4 is 5.32 Å². The van der Waals surface area contributed by atoms with Gasteiger partial charge in [-0.2, -0.15) is 0 Å². The molecule has 1 unspecified atom stereocenters. The highest BCUT2D eigenvalue weighted by Crippen LogP contribution is 2.26. The van der Waals surface area contributed by atoms with Gasteiger partial charge in [-0.15, -0.1) is 0 Å². The normalized spacial score (nSPS) is 24.0. The molecule has 0 aromatic carbocycles. The highest BCUT2D eigenvalue weighted by atomic mass is 16.2. The number of likely N-dealkylation sites (tertiary alicyclic amines) is 2. The molecule has 0 bridgehead atoms. The standard InChI is InChI=1S/C25H44N4O3/c1-18(2)15-21-24(31)29(14-9-26-21)22(16-19(3)4)25(32)28-12-7-20(8-13-28)17-23(30)27-10-5-6-11-27/h18-22,26H,5-17H2,1-4H3/t21-,22?/m0/s1. The third-order valence-electron chi connectivity index (χ3n) is 7.24. The Bertz CT molecular complexity index is 652. The largest absolute Gasteiger partial charge is 0.343 e. The fourth-order valence-electron chi connectivity index (χ4n) is 5.44. The molecule has 7 heteroatoms. The molecule has 3 fully saturated rings. The minimum Gasteiger partial charge on any atom is -0.343 e. The molecule has 3 aliphatic heterocycles. The molecule has 0 spiro atoms. The first kappa shape index (κ1) is 25.0. The van der Waals surface area contributed by atoms with Crippen LogP contribution >= 0.6 is 0 Å². The van der Waals surface area contributed by atoms with E-state index in [0.29, 0.717) is 50.2 Å². The van der Waals surface area contributed by atoms with Crippen molar-refractivity contribution in [2.75, 3.05) is 39.3 Å². The first-order valence-electron chi connectivity index (χ1n) is 12.9. The Hall–Kier alpha value is -1.63. The lowest BCUT2D eigenvalue weighted by Crippen LogP contribution is -2.62. The number of amides is 3. The highest BCUT2D eigenvalue weighted by molar-refractivity contribution is 5.90. The fourth-order valence-corrected chi connectivity index (χ4v) is 5.44. The molecule has 3 amide bonds. The van der Waals surface area contributed by atoms with E-state index >= 15 is 0 Å². The van der Waals surface area contributed by atoms with Crippen molar-refractivity contribution < 1.29 is 14.4 Å². The number of nitrogens with zero attached hydrogens (tertiary/aromatic N) is 3. The summed E-state index contributed by atoms with van der Waals surface area (Å²) in [4.78, 5) is 45.1. The third-order valence-corrected chi connectivity index (χ3v) is 7.24. The van der Waals surface area contributed by atoms with Crippen molar-refractivity contribution in [1.82, 2.24) is 20.0 Å². The number of carbonyl (C=O) groups excluding carboxylic acids is 3. The average molecular weight is 449 g/mol. The number of nitrogens with one attached hydrogen (secondary N) is 1. The zero-order chi connectivity index (χ0) is 23.3. The zero-order valence-corrected chi connectivity index (χ0v) is 20.6. The third kappa shape index (κ3) is 6.46. The van der Waals surface area contributed by atoms with Crippen LogP contribution in [-0.4, -0.2) is 83.8 Å².